The van der Waals surface area contributed by atoms with E-state index in [9.17, 15) is 0 Å². The first kappa shape index (κ1) is 14.3. The summed E-state index contributed by atoms with van der Waals surface area (Å²) in [4.78, 5) is 7.16. The van der Waals surface area contributed by atoms with Crippen LogP contribution in [0.4, 0.5) is 5.95 Å². The molecule has 1 fully saturated rings. The van der Waals surface area contributed by atoms with Crippen LogP contribution in [0.3, 0.4) is 0 Å². The largest absolute Gasteiger partial charge is 0.383 e. The molecule has 19 heavy (non-hydrogen) atoms. The summed E-state index contributed by atoms with van der Waals surface area (Å²) < 4.78 is 7.53. The summed E-state index contributed by atoms with van der Waals surface area (Å²) in [5, 5.41) is 0. The van der Waals surface area contributed by atoms with Crippen LogP contribution in [0, 0.1) is 0 Å². The second kappa shape index (κ2) is 6.39. The predicted octanol–water partition coefficient (Wildman–Crippen LogP) is 1.58. The van der Waals surface area contributed by atoms with Crippen molar-refractivity contribution in [3.63, 3.8) is 0 Å². The summed E-state index contributed by atoms with van der Waals surface area (Å²) in [6, 6.07) is 0.729. The van der Waals surface area contributed by atoms with Crippen LogP contribution in [-0.4, -0.2) is 42.4 Å². The van der Waals surface area contributed by atoms with Crippen molar-refractivity contribution in [2.24, 2.45) is 5.73 Å². The van der Waals surface area contributed by atoms with Gasteiger partial charge in [-0.1, -0.05) is 6.92 Å². The van der Waals surface area contributed by atoms with E-state index < -0.39 is 0 Å². The van der Waals surface area contributed by atoms with Gasteiger partial charge in [-0.3, -0.25) is 0 Å². The summed E-state index contributed by atoms with van der Waals surface area (Å²) in [7, 11) is 1.74. The number of nitrogens with zero attached hydrogens (tertiary/aromatic N) is 3. The van der Waals surface area contributed by atoms with Crippen molar-refractivity contribution in [3.8, 4) is 0 Å². The molecule has 1 aliphatic rings. The van der Waals surface area contributed by atoms with Crippen molar-refractivity contribution in [2.75, 3.05) is 31.7 Å². The van der Waals surface area contributed by atoms with Crippen molar-refractivity contribution in [1.29, 1.82) is 0 Å². The second-order valence-corrected chi connectivity index (χ2v) is 5.32. The first-order valence-electron chi connectivity index (χ1n) is 7.24. The molecule has 0 saturated carbocycles. The SMILES string of the molecule is CCc1cn(C(C)COC)c(N2CCCC2CN)n1. The van der Waals surface area contributed by atoms with Crippen molar-refractivity contribution in [3.05, 3.63) is 11.9 Å². The first-order chi connectivity index (χ1) is 9.21. The van der Waals surface area contributed by atoms with E-state index in [2.05, 4.69) is 29.5 Å². The Labute approximate surface area is 115 Å². The van der Waals surface area contributed by atoms with E-state index >= 15 is 0 Å². The fourth-order valence-corrected chi connectivity index (χ4v) is 2.81. The Kier molecular flexibility index (Phi) is 4.82. The lowest BCUT2D eigenvalue weighted by atomic mass is 10.2. The Morgan fingerprint density at radius 2 is 2.37 bits per heavy atom. The van der Waals surface area contributed by atoms with Crippen LogP contribution >= 0.6 is 0 Å². The summed E-state index contributed by atoms with van der Waals surface area (Å²) in [5.74, 6) is 1.06. The smallest absolute Gasteiger partial charge is 0.206 e. The monoisotopic (exact) mass is 266 g/mol. The molecule has 108 valence electrons. The number of imidazole rings is 1. The third-order valence-electron chi connectivity index (χ3n) is 3.91. The molecular formula is C14H26N4O. The molecule has 0 radical (unpaired) electrons. The zero-order valence-electron chi connectivity index (χ0n) is 12.3. The van der Waals surface area contributed by atoms with Gasteiger partial charge < -0.3 is 19.9 Å². The average molecular weight is 266 g/mol. The van der Waals surface area contributed by atoms with Gasteiger partial charge in [0.2, 0.25) is 5.95 Å². The van der Waals surface area contributed by atoms with Gasteiger partial charge in [0.1, 0.15) is 0 Å². The number of anilines is 1. The summed E-state index contributed by atoms with van der Waals surface area (Å²) >= 11 is 0. The Balaban J connectivity index is 2.29. The highest BCUT2D eigenvalue weighted by Crippen LogP contribution is 2.27. The number of hydrogen-bond donors (Lipinski definition) is 1. The van der Waals surface area contributed by atoms with Crippen molar-refractivity contribution >= 4 is 5.95 Å². The van der Waals surface area contributed by atoms with Gasteiger partial charge in [-0.2, -0.15) is 0 Å². The highest BCUT2D eigenvalue weighted by Gasteiger charge is 2.28. The number of ether oxygens (including phenoxy) is 1. The third kappa shape index (κ3) is 2.92. The van der Waals surface area contributed by atoms with Gasteiger partial charge in [-0.25, -0.2) is 4.98 Å². The standard InChI is InChI=1S/C14H26N4O/c1-4-12-9-18(11(2)10-19-3)14(16-12)17-7-5-6-13(17)8-15/h9,11,13H,4-8,10,15H2,1-3H3. The van der Waals surface area contributed by atoms with Gasteiger partial charge in [0, 0.05) is 32.4 Å². The highest BCUT2D eigenvalue weighted by atomic mass is 16.5. The van der Waals surface area contributed by atoms with E-state index in [4.69, 9.17) is 15.5 Å². The predicted molar refractivity (Wildman–Crippen MR) is 77.6 cm³/mol. The molecule has 0 bridgehead atoms. The molecule has 1 aromatic rings. The Bertz CT molecular complexity index is 404. The van der Waals surface area contributed by atoms with Gasteiger partial charge in [0.05, 0.1) is 18.3 Å². The minimum atomic E-state index is 0.298. The first-order valence-corrected chi connectivity index (χ1v) is 7.24. The van der Waals surface area contributed by atoms with Crippen LogP contribution < -0.4 is 10.6 Å². The van der Waals surface area contributed by atoms with E-state index in [-0.39, 0.29) is 0 Å². The topological polar surface area (TPSA) is 56.3 Å². The molecule has 0 aliphatic carbocycles. The van der Waals surface area contributed by atoms with Crippen molar-refractivity contribution < 1.29 is 4.74 Å². The quantitative estimate of drug-likeness (QED) is 0.849. The molecule has 0 spiro atoms. The number of rotatable bonds is 6. The zero-order chi connectivity index (χ0) is 13.8. The van der Waals surface area contributed by atoms with Gasteiger partial charge in [0.15, 0.2) is 0 Å². The van der Waals surface area contributed by atoms with Crippen LogP contribution in [0.1, 0.15) is 38.4 Å². The number of hydrogen-bond acceptors (Lipinski definition) is 4. The van der Waals surface area contributed by atoms with Crippen molar-refractivity contribution in [1.82, 2.24) is 9.55 Å². The Morgan fingerprint density at radius 1 is 1.58 bits per heavy atom. The molecule has 0 amide bonds. The minimum Gasteiger partial charge on any atom is -0.383 e. The molecule has 2 rings (SSSR count). The van der Waals surface area contributed by atoms with Gasteiger partial charge in [-0.15, -0.1) is 0 Å². The number of nitrogens with two attached hydrogens (primary N) is 1. The fourth-order valence-electron chi connectivity index (χ4n) is 2.81. The molecule has 0 aromatic carbocycles. The van der Waals surface area contributed by atoms with E-state index in [1.165, 1.54) is 12.8 Å². The highest BCUT2D eigenvalue weighted by molar-refractivity contribution is 5.37. The maximum atomic E-state index is 5.88. The van der Waals surface area contributed by atoms with Crippen LogP contribution in [0.2, 0.25) is 0 Å². The lowest BCUT2D eigenvalue weighted by Gasteiger charge is -2.27. The molecular weight excluding hydrogens is 240 g/mol. The number of methoxy groups -OCH3 is 1. The average Bonchev–Trinajstić information content (AvgIpc) is 3.04. The van der Waals surface area contributed by atoms with Crippen molar-refractivity contribution in [2.45, 2.75) is 45.2 Å². The molecule has 5 heteroatoms. The van der Waals surface area contributed by atoms with E-state index in [0.717, 1.165) is 24.6 Å². The lowest BCUT2D eigenvalue weighted by Crippen LogP contribution is -2.37. The molecule has 5 nitrogen and oxygen atoms in total. The Morgan fingerprint density at radius 3 is 3.00 bits per heavy atom. The van der Waals surface area contributed by atoms with Gasteiger partial charge >= 0.3 is 0 Å². The molecule has 1 aromatic heterocycles. The van der Waals surface area contributed by atoms with Crippen LogP contribution in [0.15, 0.2) is 6.20 Å². The Hall–Kier alpha value is -1.07. The van der Waals surface area contributed by atoms with Gasteiger partial charge in [-0.05, 0) is 26.2 Å². The molecule has 2 unspecified atom stereocenters. The normalized spacial score (nSPS) is 21.1. The second-order valence-electron chi connectivity index (χ2n) is 5.32. The van der Waals surface area contributed by atoms with E-state index in [0.29, 0.717) is 25.2 Å². The maximum Gasteiger partial charge on any atom is 0.206 e. The number of aryl methyl sites for hydroxylation is 1. The minimum absolute atomic E-state index is 0.298. The number of aromatic nitrogens is 2. The summed E-state index contributed by atoms with van der Waals surface area (Å²) in [6.07, 6.45) is 5.49. The van der Waals surface area contributed by atoms with Crippen LogP contribution in [0.5, 0.6) is 0 Å². The van der Waals surface area contributed by atoms with E-state index in [1.807, 2.05) is 0 Å². The maximum absolute atomic E-state index is 5.88. The summed E-state index contributed by atoms with van der Waals surface area (Å²) in [6.45, 7) is 6.77. The molecule has 1 aliphatic heterocycles. The fraction of sp³-hybridized carbons (Fsp3) is 0.786. The van der Waals surface area contributed by atoms with E-state index in [1.54, 1.807) is 7.11 Å². The zero-order valence-corrected chi connectivity index (χ0v) is 12.3. The molecule has 2 heterocycles. The third-order valence-corrected chi connectivity index (χ3v) is 3.91. The van der Waals surface area contributed by atoms with Crippen LogP contribution in [-0.2, 0) is 11.2 Å². The molecule has 2 N–H and O–H groups in total. The molecule has 1 saturated heterocycles. The van der Waals surface area contributed by atoms with Crippen LogP contribution in [0.25, 0.3) is 0 Å². The summed E-state index contributed by atoms with van der Waals surface area (Å²) in [5.41, 5.74) is 7.02. The lowest BCUT2D eigenvalue weighted by molar-refractivity contribution is 0.162. The van der Waals surface area contributed by atoms with Gasteiger partial charge in [0.25, 0.3) is 0 Å². The molecule has 2 atom stereocenters.